The van der Waals surface area contributed by atoms with Crippen molar-refractivity contribution < 1.29 is 4.92 Å². The van der Waals surface area contributed by atoms with Gasteiger partial charge in [0, 0.05) is 17.0 Å². The molecule has 0 aliphatic carbocycles. The Morgan fingerprint density at radius 1 is 1.53 bits per heavy atom. The quantitative estimate of drug-likeness (QED) is 0.475. The summed E-state index contributed by atoms with van der Waals surface area (Å²) in [6, 6.07) is 5.11. The number of halogens is 1. The molecule has 3 nitrogen and oxygen atoms in total. The van der Waals surface area contributed by atoms with E-state index in [0.717, 1.165) is 17.3 Å². The molecule has 0 radical (unpaired) electrons. The molecule has 0 amide bonds. The molecule has 0 saturated carbocycles. The van der Waals surface area contributed by atoms with E-state index in [1.807, 2.05) is 18.2 Å². The molecular formula is C11H12BrNO2. The third-order valence-corrected chi connectivity index (χ3v) is 2.57. The zero-order valence-corrected chi connectivity index (χ0v) is 10.0. The summed E-state index contributed by atoms with van der Waals surface area (Å²) < 4.78 is 0. The van der Waals surface area contributed by atoms with Crippen molar-refractivity contribution in [3.8, 4) is 0 Å². The van der Waals surface area contributed by atoms with E-state index in [4.69, 9.17) is 0 Å². The molecule has 0 aliphatic rings. The van der Waals surface area contributed by atoms with Gasteiger partial charge < -0.3 is 0 Å². The van der Waals surface area contributed by atoms with Gasteiger partial charge in [-0.15, -0.1) is 0 Å². The van der Waals surface area contributed by atoms with E-state index in [-0.39, 0.29) is 10.6 Å². The van der Waals surface area contributed by atoms with Gasteiger partial charge in [-0.1, -0.05) is 40.2 Å². The van der Waals surface area contributed by atoms with E-state index < -0.39 is 0 Å². The van der Waals surface area contributed by atoms with E-state index in [1.165, 1.54) is 6.07 Å². The van der Waals surface area contributed by atoms with Crippen LogP contribution in [-0.4, -0.2) is 10.3 Å². The van der Waals surface area contributed by atoms with Gasteiger partial charge in [0.2, 0.25) is 0 Å². The van der Waals surface area contributed by atoms with Crippen molar-refractivity contribution in [3.05, 3.63) is 45.5 Å². The predicted octanol–water partition coefficient (Wildman–Crippen LogP) is 3.70. The van der Waals surface area contributed by atoms with Crippen LogP contribution >= 0.6 is 15.9 Å². The predicted molar refractivity (Wildman–Crippen MR) is 65.3 cm³/mol. The number of rotatable bonds is 4. The third kappa shape index (κ3) is 3.16. The highest BCUT2D eigenvalue weighted by Gasteiger charge is 2.10. The van der Waals surface area contributed by atoms with Crippen LogP contribution in [0.4, 0.5) is 5.69 Å². The number of nitrogens with zero attached hydrogens (tertiary/aromatic N) is 1. The van der Waals surface area contributed by atoms with Gasteiger partial charge in [0.1, 0.15) is 0 Å². The molecule has 0 N–H and O–H groups in total. The van der Waals surface area contributed by atoms with Crippen LogP contribution in [0.5, 0.6) is 0 Å². The van der Waals surface area contributed by atoms with Crippen molar-refractivity contribution in [1.82, 2.24) is 0 Å². The molecule has 1 aromatic carbocycles. The van der Waals surface area contributed by atoms with Crippen molar-refractivity contribution in [3.63, 3.8) is 0 Å². The summed E-state index contributed by atoms with van der Waals surface area (Å²) in [5, 5.41) is 11.6. The minimum absolute atomic E-state index is 0.177. The Bertz CT molecular complexity index is 388. The van der Waals surface area contributed by atoms with Gasteiger partial charge >= 0.3 is 0 Å². The average Bonchev–Trinajstić information content (AvgIpc) is 2.20. The number of nitro groups is 1. The van der Waals surface area contributed by atoms with Gasteiger partial charge in [-0.2, -0.15) is 0 Å². The maximum absolute atomic E-state index is 10.7. The fourth-order valence-electron chi connectivity index (χ4n) is 1.29. The first-order valence-corrected chi connectivity index (χ1v) is 5.75. The summed E-state index contributed by atoms with van der Waals surface area (Å²) in [4.78, 5) is 10.3. The van der Waals surface area contributed by atoms with Crippen molar-refractivity contribution in [2.75, 3.05) is 5.33 Å². The van der Waals surface area contributed by atoms with Crippen LogP contribution in [0.2, 0.25) is 0 Å². The van der Waals surface area contributed by atoms with Crippen molar-refractivity contribution in [2.24, 2.45) is 0 Å². The second kappa shape index (κ2) is 5.66. The summed E-state index contributed by atoms with van der Waals surface area (Å²) in [5.74, 6) is 0. The first-order chi connectivity index (χ1) is 7.16. The molecule has 0 atom stereocenters. The Morgan fingerprint density at radius 2 is 2.27 bits per heavy atom. The van der Waals surface area contributed by atoms with Crippen molar-refractivity contribution in [1.29, 1.82) is 0 Å². The van der Waals surface area contributed by atoms with Crippen LogP contribution in [-0.2, 0) is 0 Å². The number of alkyl halides is 1. The summed E-state index contributed by atoms with van der Waals surface area (Å²) in [6.45, 7) is 1.77. The minimum atomic E-state index is -0.350. The Labute approximate surface area is 97.1 Å². The summed E-state index contributed by atoms with van der Waals surface area (Å²) in [7, 11) is 0. The largest absolute Gasteiger partial charge is 0.272 e. The lowest BCUT2D eigenvalue weighted by Gasteiger charge is -2.00. The van der Waals surface area contributed by atoms with Gasteiger partial charge in [0.05, 0.1) is 4.92 Å². The molecule has 0 aliphatic heterocycles. The monoisotopic (exact) mass is 269 g/mol. The summed E-state index contributed by atoms with van der Waals surface area (Å²) in [6.07, 6.45) is 4.84. The topological polar surface area (TPSA) is 43.1 Å². The van der Waals surface area contributed by atoms with Gasteiger partial charge in [-0.05, 0) is 18.9 Å². The van der Waals surface area contributed by atoms with E-state index in [9.17, 15) is 10.1 Å². The standard InChI is InChI=1S/C11H12BrNO2/c1-9-10(5-2-3-8-12)6-4-7-11(9)13(14)15/h2,4-7H,3,8H2,1H3. The molecule has 0 saturated heterocycles. The molecule has 80 valence electrons. The zero-order chi connectivity index (χ0) is 11.3. The Kier molecular flexibility index (Phi) is 4.49. The minimum Gasteiger partial charge on any atom is -0.258 e. The van der Waals surface area contributed by atoms with E-state index in [2.05, 4.69) is 15.9 Å². The second-order valence-corrected chi connectivity index (χ2v) is 3.92. The molecule has 1 aromatic rings. The zero-order valence-electron chi connectivity index (χ0n) is 8.44. The fourth-order valence-corrected chi connectivity index (χ4v) is 1.56. The molecule has 1 rings (SSSR count). The maximum Gasteiger partial charge on any atom is 0.272 e. The molecular weight excluding hydrogens is 258 g/mol. The van der Waals surface area contributed by atoms with Gasteiger partial charge in [-0.3, -0.25) is 10.1 Å². The Balaban J connectivity index is 2.99. The first-order valence-electron chi connectivity index (χ1n) is 4.63. The summed E-state index contributed by atoms with van der Waals surface area (Å²) >= 11 is 3.32. The Hall–Kier alpha value is -1.16. The second-order valence-electron chi connectivity index (χ2n) is 3.13. The van der Waals surface area contributed by atoms with E-state index in [0.29, 0.717) is 5.56 Å². The molecule has 0 heterocycles. The number of hydrogen-bond donors (Lipinski definition) is 0. The highest BCUT2D eigenvalue weighted by atomic mass is 79.9. The van der Waals surface area contributed by atoms with Crippen LogP contribution < -0.4 is 0 Å². The van der Waals surface area contributed by atoms with Crippen molar-refractivity contribution in [2.45, 2.75) is 13.3 Å². The van der Waals surface area contributed by atoms with Crippen LogP contribution in [0.1, 0.15) is 17.5 Å². The van der Waals surface area contributed by atoms with Crippen molar-refractivity contribution >= 4 is 27.7 Å². The SMILES string of the molecule is Cc1c(C=CCCBr)cccc1[N+](=O)[O-]. The molecule has 4 heteroatoms. The molecule has 0 bridgehead atoms. The van der Waals surface area contributed by atoms with E-state index >= 15 is 0 Å². The molecule has 0 spiro atoms. The summed E-state index contributed by atoms with van der Waals surface area (Å²) in [5.41, 5.74) is 1.80. The Morgan fingerprint density at radius 3 is 2.87 bits per heavy atom. The van der Waals surface area contributed by atoms with Crippen LogP contribution in [0.3, 0.4) is 0 Å². The number of hydrogen-bond acceptors (Lipinski definition) is 2. The lowest BCUT2D eigenvalue weighted by Crippen LogP contribution is -1.93. The lowest BCUT2D eigenvalue weighted by molar-refractivity contribution is -0.385. The highest BCUT2D eigenvalue weighted by Crippen LogP contribution is 2.22. The fraction of sp³-hybridized carbons (Fsp3) is 0.273. The van der Waals surface area contributed by atoms with Crippen LogP contribution in [0.15, 0.2) is 24.3 Å². The normalized spacial score (nSPS) is 10.8. The van der Waals surface area contributed by atoms with Gasteiger partial charge in [0.15, 0.2) is 0 Å². The van der Waals surface area contributed by atoms with E-state index in [1.54, 1.807) is 13.0 Å². The number of allylic oxidation sites excluding steroid dienone is 1. The number of nitro benzene ring substituents is 1. The molecule has 0 fully saturated rings. The molecule has 0 aromatic heterocycles. The highest BCUT2D eigenvalue weighted by molar-refractivity contribution is 9.09. The smallest absolute Gasteiger partial charge is 0.258 e. The van der Waals surface area contributed by atoms with Gasteiger partial charge in [-0.25, -0.2) is 0 Å². The lowest BCUT2D eigenvalue weighted by atomic mass is 10.1. The molecule has 0 unspecified atom stereocenters. The first kappa shape index (κ1) is 11.9. The average molecular weight is 270 g/mol. The third-order valence-electron chi connectivity index (χ3n) is 2.12. The van der Waals surface area contributed by atoms with Crippen LogP contribution in [0.25, 0.3) is 6.08 Å². The number of benzene rings is 1. The molecule has 15 heavy (non-hydrogen) atoms. The van der Waals surface area contributed by atoms with Gasteiger partial charge in [0.25, 0.3) is 5.69 Å². The maximum atomic E-state index is 10.7. The van der Waals surface area contributed by atoms with Crippen LogP contribution in [0, 0.1) is 17.0 Å².